The minimum Gasteiger partial charge on any atom is -0.448 e. The number of aromatic nitrogens is 1. The molecule has 1 atom stereocenters. The van der Waals surface area contributed by atoms with Crippen molar-refractivity contribution in [3.63, 3.8) is 0 Å². The minimum atomic E-state index is -0.751. The quantitative estimate of drug-likeness (QED) is 0.494. The van der Waals surface area contributed by atoms with Gasteiger partial charge in [-0.15, -0.1) is 0 Å². The summed E-state index contributed by atoms with van der Waals surface area (Å²) in [6, 6.07) is 17.9. The van der Waals surface area contributed by atoms with Crippen molar-refractivity contribution in [2.24, 2.45) is 0 Å². The second kappa shape index (κ2) is 8.16. The van der Waals surface area contributed by atoms with Gasteiger partial charge in [-0.05, 0) is 35.9 Å². The molecule has 0 aliphatic carbocycles. The van der Waals surface area contributed by atoms with Crippen molar-refractivity contribution in [2.45, 2.75) is 6.10 Å². The van der Waals surface area contributed by atoms with Gasteiger partial charge in [-0.2, -0.15) is 0 Å². The van der Waals surface area contributed by atoms with Gasteiger partial charge in [0.25, 0.3) is 0 Å². The van der Waals surface area contributed by atoms with Gasteiger partial charge in [-0.3, -0.25) is 4.98 Å². The average Bonchev–Trinajstić information content (AvgIpc) is 2.67. The number of carbonyl (C=O) groups is 1. The average molecular weight is 351 g/mol. The van der Waals surface area contributed by atoms with Gasteiger partial charge in [-0.1, -0.05) is 42.5 Å². The van der Waals surface area contributed by atoms with Gasteiger partial charge in [0, 0.05) is 17.8 Å². The van der Waals surface area contributed by atoms with Crippen LogP contribution in [0, 0.1) is 11.6 Å². The highest BCUT2D eigenvalue weighted by Gasteiger charge is 2.19. The van der Waals surface area contributed by atoms with Crippen LogP contribution >= 0.6 is 0 Å². The monoisotopic (exact) mass is 351 g/mol. The Labute approximate surface area is 149 Å². The van der Waals surface area contributed by atoms with Crippen molar-refractivity contribution in [3.8, 4) is 0 Å². The highest BCUT2D eigenvalue weighted by atomic mass is 19.1. The second-order valence-electron chi connectivity index (χ2n) is 5.45. The molecule has 0 radical (unpaired) electrons. The topological polar surface area (TPSA) is 39.2 Å². The van der Waals surface area contributed by atoms with Crippen LogP contribution < -0.4 is 0 Å². The predicted octanol–water partition coefficient (Wildman–Crippen LogP) is 4.71. The van der Waals surface area contributed by atoms with Crippen molar-refractivity contribution in [1.29, 1.82) is 0 Å². The molecule has 0 unspecified atom stereocenters. The highest BCUT2D eigenvalue weighted by molar-refractivity contribution is 5.87. The Balaban J connectivity index is 1.83. The maximum Gasteiger partial charge on any atom is 0.331 e. The normalized spacial score (nSPS) is 12.1. The van der Waals surface area contributed by atoms with Crippen LogP contribution in [0.4, 0.5) is 8.78 Å². The number of hydrogen-bond donors (Lipinski definition) is 0. The third kappa shape index (κ3) is 4.19. The molecule has 0 spiro atoms. The van der Waals surface area contributed by atoms with E-state index in [9.17, 15) is 13.6 Å². The second-order valence-corrected chi connectivity index (χ2v) is 5.45. The SMILES string of the molecule is O=C(/C=C/c1c(F)cccc1F)O[C@H](c1ccccc1)c1ccccn1. The summed E-state index contributed by atoms with van der Waals surface area (Å²) >= 11 is 0. The van der Waals surface area contributed by atoms with E-state index in [0.29, 0.717) is 5.69 Å². The molecule has 26 heavy (non-hydrogen) atoms. The smallest absolute Gasteiger partial charge is 0.331 e. The molecule has 2 aromatic carbocycles. The lowest BCUT2D eigenvalue weighted by Crippen LogP contribution is -2.12. The Bertz CT molecular complexity index is 852. The first-order chi connectivity index (χ1) is 12.6. The van der Waals surface area contributed by atoms with Crippen LogP contribution in [0.25, 0.3) is 6.08 Å². The molecule has 3 rings (SSSR count). The lowest BCUT2D eigenvalue weighted by molar-refractivity contribution is -0.141. The zero-order valence-electron chi connectivity index (χ0n) is 13.7. The van der Waals surface area contributed by atoms with Gasteiger partial charge in [0.15, 0.2) is 6.10 Å². The molecule has 3 aromatic rings. The molecule has 0 saturated heterocycles. The van der Waals surface area contributed by atoms with Crippen LogP contribution in [0.1, 0.15) is 22.9 Å². The van der Waals surface area contributed by atoms with Crippen molar-refractivity contribution < 1.29 is 18.3 Å². The Morgan fingerprint density at radius 2 is 1.62 bits per heavy atom. The molecule has 5 heteroatoms. The molecule has 0 fully saturated rings. The summed E-state index contributed by atoms with van der Waals surface area (Å²) in [5, 5.41) is 0. The van der Waals surface area contributed by atoms with Gasteiger partial charge in [0.1, 0.15) is 11.6 Å². The van der Waals surface area contributed by atoms with Crippen LogP contribution in [0.2, 0.25) is 0 Å². The maximum absolute atomic E-state index is 13.6. The molecule has 1 heterocycles. The maximum atomic E-state index is 13.6. The van der Waals surface area contributed by atoms with Crippen molar-refractivity contribution >= 4 is 12.0 Å². The third-order valence-corrected chi connectivity index (χ3v) is 3.68. The molecule has 3 nitrogen and oxygen atoms in total. The first-order valence-electron chi connectivity index (χ1n) is 7.94. The van der Waals surface area contributed by atoms with Crippen LogP contribution in [0.15, 0.2) is 79.0 Å². The molecule has 130 valence electrons. The minimum absolute atomic E-state index is 0.293. The fourth-order valence-corrected chi connectivity index (χ4v) is 2.43. The number of hydrogen-bond acceptors (Lipinski definition) is 3. The summed E-state index contributed by atoms with van der Waals surface area (Å²) < 4.78 is 32.8. The molecule has 0 amide bonds. The van der Waals surface area contributed by atoms with E-state index in [4.69, 9.17) is 4.74 Å². The van der Waals surface area contributed by atoms with Gasteiger partial charge >= 0.3 is 5.97 Å². The number of pyridine rings is 1. The fourth-order valence-electron chi connectivity index (χ4n) is 2.43. The number of carbonyl (C=O) groups excluding carboxylic acids is 1. The van der Waals surface area contributed by atoms with E-state index in [-0.39, 0.29) is 5.56 Å². The Kier molecular flexibility index (Phi) is 5.49. The van der Waals surface area contributed by atoms with Crippen LogP contribution in [0.5, 0.6) is 0 Å². The zero-order valence-corrected chi connectivity index (χ0v) is 13.7. The Morgan fingerprint density at radius 3 is 2.27 bits per heavy atom. The standard InChI is InChI=1S/C21H15F2NO2/c22-17-9-6-10-18(23)16(17)12-13-20(25)26-21(15-7-2-1-3-8-15)19-11-4-5-14-24-19/h1-14,21H/b13-12+/t21-/m1/s1. The van der Waals surface area contributed by atoms with Gasteiger partial charge in [0.2, 0.25) is 0 Å². The van der Waals surface area contributed by atoms with E-state index in [0.717, 1.165) is 29.8 Å². The van der Waals surface area contributed by atoms with E-state index in [1.54, 1.807) is 24.4 Å². The lowest BCUT2D eigenvalue weighted by Gasteiger charge is -2.17. The van der Waals surface area contributed by atoms with E-state index in [1.807, 2.05) is 30.3 Å². The summed E-state index contributed by atoms with van der Waals surface area (Å²) in [4.78, 5) is 16.4. The number of esters is 1. The van der Waals surface area contributed by atoms with Crippen LogP contribution in [0.3, 0.4) is 0 Å². The Morgan fingerprint density at radius 1 is 0.923 bits per heavy atom. The van der Waals surface area contributed by atoms with E-state index in [1.165, 1.54) is 6.07 Å². The third-order valence-electron chi connectivity index (χ3n) is 3.68. The molecule has 0 bridgehead atoms. The number of benzene rings is 2. The number of ether oxygens (including phenoxy) is 1. The van der Waals surface area contributed by atoms with Gasteiger partial charge in [-0.25, -0.2) is 13.6 Å². The van der Waals surface area contributed by atoms with E-state index in [2.05, 4.69) is 4.98 Å². The van der Waals surface area contributed by atoms with Crippen molar-refractivity contribution in [2.75, 3.05) is 0 Å². The van der Waals surface area contributed by atoms with Crippen molar-refractivity contribution in [3.05, 3.63) is 107 Å². The summed E-state index contributed by atoms with van der Waals surface area (Å²) in [6.45, 7) is 0. The highest BCUT2D eigenvalue weighted by Crippen LogP contribution is 2.24. The van der Waals surface area contributed by atoms with E-state index >= 15 is 0 Å². The van der Waals surface area contributed by atoms with Gasteiger partial charge < -0.3 is 4.74 Å². The summed E-state index contributed by atoms with van der Waals surface area (Å²) in [7, 11) is 0. The summed E-state index contributed by atoms with van der Waals surface area (Å²) in [6.07, 6.45) is 2.94. The zero-order chi connectivity index (χ0) is 18.4. The summed E-state index contributed by atoms with van der Waals surface area (Å²) in [5.74, 6) is -2.23. The van der Waals surface area contributed by atoms with E-state index < -0.39 is 23.7 Å². The molecule has 0 N–H and O–H groups in total. The molecule has 0 aliphatic rings. The first-order valence-corrected chi connectivity index (χ1v) is 7.94. The molecule has 0 aliphatic heterocycles. The molecule has 0 saturated carbocycles. The predicted molar refractivity (Wildman–Crippen MR) is 94.0 cm³/mol. The lowest BCUT2D eigenvalue weighted by atomic mass is 10.1. The van der Waals surface area contributed by atoms with Gasteiger partial charge in [0.05, 0.1) is 5.69 Å². The summed E-state index contributed by atoms with van der Waals surface area (Å²) in [5.41, 5.74) is 1.00. The first kappa shape index (κ1) is 17.5. The number of rotatable bonds is 5. The largest absolute Gasteiger partial charge is 0.448 e. The number of halogens is 2. The molecule has 1 aromatic heterocycles. The van der Waals surface area contributed by atoms with Crippen LogP contribution in [-0.2, 0) is 9.53 Å². The van der Waals surface area contributed by atoms with Crippen molar-refractivity contribution in [1.82, 2.24) is 4.98 Å². The van der Waals surface area contributed by atoms with Crippen LogP contribution in [-0.4, -0.2) is 11.0 Å². The molecular formula is C21H15F2NO2. The fraction of sp³-hybridized carbons (Fsp3) is 0.0476. The Hall–Kier alpha value is -3.34. The molecular weight excluding hydrogens is 336 g/mol. The number of nitrogens with zero attached hydrogens (tertiary/aromatic N) is 1.